The standard InChI is InChI=1S/C27H32PSi/c1-27(2,3)29(4,5)23-15-22-28(24-16-9-6-10-17-24,25-18-11-7-12-19-25)26-20-13-8-14-21-26/h6-14,16-21H,22H2,1-5H3/q+1. The zero-order chi connectivity index (χ0) is 21.0. The Morgan fingerprint density at radius 1 is 0.655 bits per heavy atom. The lowest BCUT2D eigenvalue weighted by Gasteiger charge is -2.31. The summed E-state index contributed by atoms with van der Waals surface area (Å²) in [7, 11) is -3.49. The predicted molar refractivity (Wildman–Crippen MR) is 135 cm³/mol. The van der Waals surface area contributed by atoms with Gasteiger partial charge in [-0.1, -0.05) is 94.4 Å². The minimum Gasteiger partial charge on any atom is -0.127 e. The molecule has 0 spiro atoms. The first kappa shape index (κ1) is 21.6. The van der Waals surface area contributed by atoms with Crippen LogP contribution in [0.3, 0.4) is 0 Å². The average Bonchev–Trinajstić information content (AvgIpc) is 2.72. The molecular formula is C27H32PSi+. The Morgan fingerprint density at radius 3 is 1.31 bits per heavy atom. The van der Waals surface area contributed by atoms with Crippen molar-refractivity contribution in [3.05, 3.63) is 91.0 Å². The Kier molecular flexibility index (Phi) is 6.48. The van der Waals surface area contributed by atoms with Crippen molar-refractivity contribution in [3.8, 4) is 11.5 Å². The number of rotatable bonds is 4. The van der Waals surface area contributed by atoms with E-state index in [-0.39, 0.29) is 5.04 Å². The Balaban J connectivity index is 2.22. The van der Waals surface area contributed by atoms with E-state index in [0.29, 0.717) is 0 Å². The zero-order valence-corrected chi connectivity index (χ0v) is 20.2. The van der Waals surface area contributed by atoms with Crippen LogP contribution in [0.5, 0.6) is 0 Å². The summed E-state index contributed by atoms with van der Waals surface area (Å²) in [5, 5.41) is 4.48. The second kappa shape index (κ2) is 8.70. The summed E-state index contributed by atoms with van der Waals surface area (Å²) in [6.07, 6.45) is 0.886. The van der Waals surface area contributed by atoms with Gasteiger partial charge in [0.2, 0.25) is 0 Å². The van der Waals surface area contributed by atoms with Crippen LogP contribution in [0.25, 0.3) is 0 Å². The summed E-state index contributed by atoms with van der Waals surface area (Å²) in [5.41, 5.74) is 3.78. The molecule has 0 atom stereocenters. The van der Waals surface area contributed by atoms with Gasteiger partial charge in [0, 0.05) is 0 Å². The van der Waals surface area contributed by atoms with Crippen molar-refractivity contribution in [3.63, 3.8) is 0 Å². The van der Waals surface area contributed by atoms with Crippen molar-refractivity contribution in [2.75, 3.05) is 6.16 Å². The lowest BCUT2D eigenvalue weighted by atomic mass is 10.2. The van der Waals surface area contributed by atoms with Gasteiger partial charge in [-0.2, -0.15) is 0 Å². The molecule has 0 N–H and O–H groups in total. The van der Waals surface area contributed by atoms with Crippen molar-refractivity contribution >= 4 is 31.2 Å². The van der Waals surface area contributed by atoms with Crippen molar-refractivity contribution in [2.45, 2.75) is 38.9 Å². The molecule has 0 saturated carbocycles. The zero-order valence-electron chi connectivity index (χ0n) is 18.3. The van der Waals surface area contributed by atoms with Gasteiger partial charge in [0.05, 0.1) is 0 Å². The molecule has 148 valence electrons. The molecule has 0 radical (unpaired) electrons. The van der Waals surface area contributed by atoms with E-state index in [2.05, 4.69) is 136 Å². The lowest BCUT2D eigenvalue weighted by Crippen LogP contribution is -2.36. The fourth-order valence-electron chi connectivity index (χ4n) is 3.34. The van der Waals surface area contributed by atoms with Crippen LogP contribution < -0.4 is 15.9 Å². The second-order valence-corrected chi connectivity index (χ2v) is 17.6. The van der Waals surface area contributed by atoms with E-state index in [1.54, 1.807) is 0 Å². The molecular weight excluding hydrogens is 383 g/mol. The van der Waals surface area contributed by atoms with Gasteiger partial charge in [0.25, 0.3) is 0 Å². The topological polar surface area (TPSA) is 0 Å². The van der Waals surface area contributed by atoms with E-state index in [4.69, 9.17) is 0 Å². The van der Waals surface area contributed by atoms with E-state index in [1.165, 1.54) is 15.9 Å². The molecule has 2 heteroatoms. The first-order valence-electron chi connectivity index (χ1n) is 10.3. The minimum atomic E-state index is -1.84. The van der Waals surface area contributed by atoms with E-state index in [1.807, 2.05) is 0 Å². The maximum Gasteiger partial charge on any atom is 0.137 e. The minimum absolute atomic E-state index is 0.271. The Hall–Kier alpha value is -2.13. The largest absolute Gasteiger partial charge is 0.137 e. The van der Waals surface area contributed by atoms with E-state index < -0.39 is 15.3 Å². The van der Waals surface area contributed by atoms with Crippen molar-refractivity contribution in [2.24, 2.45) is 0 Å². The van der Waals surface area contributed by atoms with Crippen LogP contribution >= 0.6 is 7.26 Å². The molecule has 0 fully saturated rings. The first-order valence-corrected chi connectivity index (χ1v) is 15.3. The van der Waals surface area contributed by atoms with Crippen LogP contribution in [0.1, 0.15) is 20.8 Å². The normalized spacial score (nSPS) is 12.2. The van der Waals surface area contributed by atoms with Gasteiger partial charge in [-0.05, 0) is 41.4 Å². The van der Waals surface area contributed by atoms with Crippen LogP contribution in [-0.4, -0.2) is 14.2 Å². The van der Waals surface area contributed by atoms with Crippen molar-refractivity contribution < 1.29 is 0 Å². The third kappa shape index (κ3) is 4.56. The molecule has 0 nitrogen and oxygen atoms in total. The predicted octanol–water partition coefficient (Wildman–Crippen LogP) is 6.03. The number of hydrogen-bond donors (Lipinski definition) is 0. The highest BCUT2D eigenvalue weighted by atomic mass is 31.2. The molecule has 0 bridgehead atoms. The highest BCUT2D eigenvalue weighted by Crippen LogP contribution is 2.54. The lowest BCUT2D eigenvalue weighted by molar-refractivity contribution is 0.731. The van der Waals surface area contributed by atoms with Crippen molar-refractivity contribution in [1.29, 1.82) is 0 Å². The summed E-state index contributed by atoms with van der Waals surface area (Å²) >= 11 is 0. The van der Waals surface area contributed by atoms with E-state index in [9.17, 15) is 0 Å². The molecule has 3 aromatic carbocycles. The average molecular weight is 416 g/mol. The van der Waals surface area contributed by atoms with Crippen LogP contribution in [0.4, 0.5) is 0 Å². The summed E-state index contributed by atoms with van der Waals surface area (Å²) in [5.74, 6) is 3.73. The monoisotopic (exact) mass is 415 g/mol. The van der Waals surface area contributed by atoms with E-state index in [0.717, 1.165) is 6.16 Å². The van der Waals surface area contributed by atoms with Gasteiger partial charge >= 0.3 is 0 Å². The maximum atomic E-state index is 3.78. The quantitative estimate of drug-likeness (QED) is 0.277. The summed E-state index contributed by atoms with van der Waals surface area (Å²) < 4.78 is 0. The number of benzene rings is 3. The highest BCUT2D eigenvalue weighted by molar-refractivity contribution is 7.95. The maximum absolute atomic E-state index is 3.78. The summed E-state index contributed by atoms with van der Waals surface area (Å²) in [6.45, 7) is 11.8. The molecule has 3 rings (SSSR count). The van der Waals surface area contributed by atoms with Crippen molar-refractivity contribution in [1.82, 2.24) is 0 Å². The molecule has 0 saturated heterocycles. The Labute approximate surface area is 178 Å². The van der Waals surface area contributed by atoms with Crippen LogP contribution in [0.2, 0.25) is 18.1 Å². The molecule has 0 aliphatic heterocycles. The van der Waals surface area contributed by atoms with E-state index >= 15 is 0 Å². The summed E-state index contributed by atoms with van der Waals surface area (Å²) in [4.78, 5) is 0. The SMILES string of the molecule is CC(C)(C)[Si](C)(C)C#CC[P+](c1ccccc1)(c1ccccc1)c1ccccc1. The van der Waals surface area contributed by atoms with Gasteiger partial charge in [-0.3, -0.25) is 0 Å². The van der Waals surface area contributed by atoms with Crippen LogP contribution in [0.15, 0.2) is 91.0 Å². The third-order valence-corrected chi connectivity index (χ3v) is 14.9. The van der Waals surface area contributed by atoms with Crippen LogP contribution in [-0.2, 0) is 0 Å². The summed E-state index contributed by atoms with van der Waals surface area (Å²) in [6, 6.07) is 33.1. The number of hydrogen-bond acceptors (Lipinski definition) is 0. The molecule has 0 aromatic heterocycles. The molecule has 0 unspecified atom stereocenters. The molecule has 3 aromatic rings. The molecule has 29 heavy (non-hydrogen) atoms. The molecule has 0 heterocycles. The molecule has 0 aliphatic carbocycles. The highest BCUT2D eigenvalue weighted by Gasteiger charge is 2.44. The fourth-order valence-corrected chi connectivity index (χ4v) is 8.19. The smallest absolute Gasteiger partial charge is 0.127 e. The third-order valence-electron chi connectivity index (χ3n) is 6.18. The van der Waals surface area contributed by atoms with Gasteiger partial charge in [0.1, 0.15) is 37.4 Å². The molecule has 0 amide bonds. The first-order chi connectivity index (χ1) is 13.8. The fraction of sp³-hybridized carbons (Fsp3) is 0.259. The van der Waals surface area contributed by atoms with Gasteiger partial charge in [-0.15, -0.1) is 5.54 Å². The van der Waals surface area contributed by atoms with Gasteiger partial charge in [-0.25, -0.2) is 0 Å². The van der Waals surface area contributed by atoms with Gasteiger partial charge < -0.3 is 0 Å². The van der Waals surface area contributed by atoms with Gasteiger partial charge in [0.15, 0.2) is 0 Å². The van der Waals surface area contributed by atoms with Crippen LogP contribution in [0, 0.1) is 11.5 Å². The molecule has 0 aliphatic rings. The second-order valence-electron chi connectivity index (χ2n) is 9.15. The Bertz CT molecular complexity index is 878. The Morgan fingerprint density at radius 2 is 1.00 bits per heavy atom.